The molecule has 1 aromatic carbocycles. The second kappa shape index (κ2) is 21.4. The summed E-state index contributed by atoms with van der Waals surface area (Å²) in [5.41, 5.74) is 11.4. The highest BCUT2D eigenvalue weighted by atomic mass is 32.1. The van der Waals surface area contributed by atoms with Gasteiger partial charge in [-0.3, -0.25) is 4.98 Å². The first-order valence-corrected chi connectivity index (χ1v) is 21.4. The Morgan fingerprint density at radius 1 is 0.885 bits per heavy atom. The molecule has 4 heterocycles. The van der Waals surface area contributed by atoms with Gasteiger partial charge in [-0.2, -0.15) is 0 Å². The first-order chi connectivity index (χ1) is 29.4. The van der Waals surface area contributed by atoms with Crippen LogP contribution in [0.3, 0.4) is 0 Å². The van der Waals surface area contributed by atoms with E-state index < -0.39 is 0 Å². The molecule has 6 nitrogen and oxygen atoms in total. The average Bonchev–Trinajstić information content (AvgIpc) is 3.87. The van der Waals surface area contributed by atoms with Gasteiger partial charge in [0.1, 0.15) is 12.3 Å². The van der Waals surface area contributed by atoms with Crippen LogP contribution in [0.25, 0.3) is 64.7 Å². The highest BCUT2D eigenvalue weighted by molar-refractivity contribution is 7.19. The van der Waals surface area contributed by atoms with E-state index in [4.69, 9.17) is 27.8 Å². The molecule has 4 aromatic heterocycles. The quantitative estimate of drug-likeness (QED) is 0.0690. The zero-order valence-electron chi connectivity index (χ0n) is 36.2. The Kier molecular flexibility index (Phi) is 16.1. The molecule has 61 heavy (non-hydrogen) atoms. The van der Waals surface area contributed by atoms with Crippen molar-refractivity contribution in [1.29, 1.82) is 0 Å². The molecule has 0 aliphatic heterocycles. The van der Waals surface area contributed by atoms with E-state index in [0.717, 1.165) is 76.1 Å². The summed E-state index contributed by atoms with van der Waals surface area (Å²) in [7, 11) is 10.2. The Morgan fingerprint density at radius 2 is 1.62 bits per heavy atom. The number of hydrogen-bond acceptors (Lipinski definition) is 7. The van der Waals surface area contributed by atoms with Crippen LogP contribution in [0.5, 0.6) is 0 Å². The summed E-state index contributed by atoms with van der Waals surface area (Å²) in [4.78, 5) is 25.8. The van der Waals surface area contributed by atoms with Crippen LogP contribution in [-0.4, -0.2) is 51.9 Å². The fourth-order valence-electron chi connectivity index (χ4n) is 6.72. The fraction of sp³-hybridized carbons (Fsp3) is 0.140. The van der Waals surface area contributed by atoms with Crippen molar-refractivity contribution in [2.75, 3.05) is 0 Å². The maximum absolute atomic E-state index is 6.05. The van der Waals surface area contributed by atoms with E-state index in [1.807, 2.05) is 94.7 Å². The van der Waals surface area contributed by atoms with Gasteiger partial charge in [-0.25, -0.2) is 19.9 Å². The first kappa shape index (κ1) is 45.9. The molecule has 0 fully saturated rings. The largest absolute Gasteiger partial charge is 0.331 e. The molecule has 0 unspecified atom stereocenters. The molecule has 5 rings (SSSR count). The van der Waals surface area contributed by atoms with Crippen molar-refractivity contribution in [3.63, 3.8) is 0 Å². The van der Waals surface area contributed by atoms with E-state index in [1.54, 1.807) is 12.2 Å². The van der Waals surface area contributed by atoms with Gasteiger partial charge >= 0.3 is 0 Å². The maximum atomic E-state index is 6.05. The van der Waals surface area contributed by atoms with Crippen LogP contribution in [0.2, 0.25) is 13.6 Å². The molecule has 5 aromatic rings. The van der Waals surface area contributed by atoms with Gasteiger partial charge in [0.25, 0.3) is 0 Å². The lowest BCUT2D eigenvalue weighted by molar-refractivity contribution is 1.01. The molecule has 0 bridgehead atoms. The van der Waals surface area contributed by atoms with Crippen LogP contribution in [-0.2, 0) is 0 Å². The minimum Gasteiger partial charge on any atom is -0.331 e. The van der Waals surface area contributed by atoms with Crippen molar-refractivity contribution in [1.82, 2.24) is 29.5 Å². The maximum Gasteiger partial charge on any atom is 0.172 e. The third-order valence-corrected chi connectivity index (χ3v) is 11.4. The Balaban J connectivity index is 1.58. The number of benzene rings is 1. The van der Waals surface area contributed by atoms with Crippen LogP contribution in [0.1, 0.15) is 64.8 Å². The summed E-state index contributed by atoms with van der Waals surface area (Å²) in [5, 5.41) is 1.50. The third-order valence-electron chi connectivity index (χ3n) is 9.59. The summed E-state index contributed by atoms with van der Waals surface area (Å²) in [5.74, 6) is 3.56. The van der Waals surface area contributed by atoms with Crippen molar-refractivity contribution in [3.8, 4) is 11.4 Å². The lowest BCUT2D eigenvalue weighted by Crippen LogP contribution is -2.24. The number of aryl methyl sites for hydroxylation is 1. The highest BCUT2D eigenvalue weighted by Gasteiger charge is 2.19. The normalized spacial score (nSPS) is 13.4. The summed E-state index contributed by atoms with van der Waals surface area (Å²) in [6.45, 7) is 35.2. The Labute approximate surface area is 372 Å². The molecule has 4 radical (unpaired) electrons. The monoisotopic (exact) mass is 830 g/mol. The smallest absolute Gasteiger partial charge is 0.172 e. The van der Waals surface area contributed by atoms with Crippen LogP contribution >= 0.6 is 22.7 Å². The topological polar surface area (TPSA) is 69.4 Å². The summed E-state index contributed by atoms with van der Waals surface area (Å²) in [6.07, 6.45) is 23.6. The van der Waals surface area contributed by atoms with Gasteiger partial charge in [0.05, 0.1) is 11.0 Å². The predicted octanol–water partition coefficient (Wildman–Crippen LogP) is 9.62. The van der Waals surface area contributed by atoms with Crippen LogP contribution in [0, 0.1) is 13.8 Å². The minimum absolute atomic E-state index is 0.440. The zero-order chi connectivity index (χ0) is 44.2. The number of rotatable bonds is 17. The number of hydrogen-bond donors (Lipinski definition) is 0. The second-order valence-electron chi connectivity index (χ2n) is 13.9. The first-order valence-electron chi connectivity index (χ1n) is 19.8. The molecular formula is C50H49B3N6S2. The average molecular weight is 831 g/mol. The molecule has 0 saturated heterocycles. The molecule has 0 aliphatic rings. The number of aromatic nitrogens is 6. The number of nitrogens with zero attached hydrogens (tertiary/aromatic N) is 6. The molecule has 0 amide bonds. The molecule has 0 saturated carbocycles. The third kappa shape index (κ3) is 11.0. The second-order valence-corrected chi connectivity index (χ2v) is 16.2. The van der Waals surface area contributed by atoms with Gasteiger partial charge in [-0.05, 0) is 86.8 Å². The van der Waals surface area contributed by atoms with E-state index >= 15 is 0 Å². The van der Waals surface area contributed by atoms with Crippen LogP contribution < -0.4 is 20.4 Å². The molecule has 300 valence electrons. The van der Waals surface area contributed by atoms with Crippen LogP contribution in [0.4, 0.5) is 0 Å². The van der Waals surface area contributed by atoms with E-state index in [0.29, 0.717) is 33.3 Å². The Hall–Kier alpha value is -6.16. The summed E-state index contributed by atoms with van der Waals surface area (Å²) >= 11 is 3.01. The van der Waals surface area contributed by atoms with Crippen molar-refractivity contribution in [3.05, 3.63) is 176 Å². The standard InChI is InChI=1S/C50H49B3N6S2/c1-13-17-25-41-34(8)59(33(7)28-44-36(10)61-50(51)55-44)45(53-12)42(41)29-37(16-4)31(5)26-40(30-52-11)49-54-43(35(9)60-49)27-32(6)46-56-47(38(21-14-2)22-15-3)58-48(57-46)39-23-19-18-20-24-39/h13-30H,1-2,4,6,9H2,3,5,7-8,10-12H3/b22-15-,25-17-,31-26+,33-28+,37-29+,38-21+,40-30+,43-27+. The van der Waals surface area contributed by atoms with Gasteiger partial charge in [-0.1, -0.05) is 125 Å². The van der Waals surface area contributed by atoms with E-state index in [2.05, 4.69) is 108 Å². The van der Waals surface area contributed by atoms with Crippen molar-refractivity contribution < 1.29 is 0 Å². The molecule has 11 heteroatoms. The highest BCUT2D eigenvalue weighted by Crippen LogP contribution is 2.28. The molecule has 0 N–H and O–H groups in total. The summed E-state index contributed by atoms with van der Waals surface area (Å²) < 4.78 is 3.05. The van der Waals surface area contributed by atoms with Crippen molar-refractivity contribution in [2.24, 2.45) is 0 Å². The number of allylic oxidation sites excluding steroid dienone is 14. The SMILES string of the molecule is [B]c1nc(/C=C(\C)n2c(C)c(/C=C\C=C)c(/C=C(C=C)/C(C)=C/C(=C\[B]C)c3n/c(=C/C(=C)c4nc(C(/C=C\C)=C/C=C)nc(-c5ccccc5)n4)c(=C)s3)c2[B]C)c(C)s1. The van der Waals surface area contributed by atoms with E-state index in [9.17, 15) is 0 Å². The van der Waals surface area contributed by atoms with Gasteiger partial charge < -0.3 is 4.57 Å². The Bertz CT molecular complexity index is 2820. The van der Waals surface area contributed by atoms with Gasteiger partial charge in [0, 0.05) is 48.0 Å². The molecule has 0 spiro atoms. The lowest BCUT2D eigenvalue weighted by Gasteiger charge is -2.12. The molecule has 0 atom stereocenters. The van der Waals surface area contributed by atoms with Crippen molar-refractivity contribution in [2.45, 2.75) is 48.3 Å². The summed E-state index contributed by atoms with van der Waals surface area (Å²) in [6, 6.07) is 9.83. The lowest BCUT2D eigenvalue weighted by atomic mass is 9.74. The van der Waals surface area contributed by atoms with Crippen molar-refractivity contribution >= 4 is 109 Å². The zero-order valence-corrected chi connectivity index (χ0v) is 37.8. The van der Waals surface area contributed by atoms with Gasteiger partial charge in [0.15, 0.2) is 32.6 Å². The van der Waals surface area contributed by atoms with E-state index in [1.165, 1.54) is 22.7 Å². The minimum atomic E-state index is 0.440. The number of thiazole rings is 2. The molecular weight excluding hydrogens is 781 g/mol. The molecule has 0 aliphatic carbocycles. The van der Waals surface area contributed by atoms with E-state index in [-0.39, 0.29) is 0 Å². The fourth-order valence-corrected chi connectivity index (χ4v) is 8.22. The van der Waals surface area contributed by atoms with Crippen LogP contribution in [0.15, 0.2) is 122 Å². The predicted molar refractivity (Wildman–Crippen MR) is 272 cm³/mol. The Morgan fingerprint density at radius 3 is 2.25 bits per heavy atom. The van der Waals surface area contributed by atoms with Gasteiger partial charge in [0.2, 0.25) is 0 Å². The van der Waals surface area contributed by atoms with Gasteiger partial charge in [-0.15, -0.1) is 28.6 Å².